The summed E-state index contributed by atoms with van der Waals surface area (Å²) in [6.07, 6.45) is 2.61. The predicted molar refractivity (Wildman–Crippen MR) is 72.9 cm³/mol. The topological polar surface area (TPSA) is 122 Å². The monoisotopic (exact) mass is 285 g/mol. The van der Waals surface area contributed by atoms with E-state index in [0.29, 0.717) is 11.8 Å². The van der Waals surface area contributed by atoms with Crippen LogP contribution in [0.15, 0.2) is 0 Å². The van der Waals surface area contributed by atoms with Gasteiger partial charge in [-0.1, -0.05) is 20.3 Å². The van der Waals surface area contributed by atoms with E-state index in [1.807, 2.05) is 0 Å². The Bertz CT molecular complexity index is 386. The van der Waals surface area contributed by atoms with E-state index in [4.69, 9.17) is 10.8 Å². The summed E-state index contributed by atoms with van der Waals surface area (Å²) in [6, 6.07) is -1.80. The number of urea groups is 1. The van der Waals surface area contributed by atoms with E-state index in [2.05, 4.69) is 24.5 Å². The molecule has 4 atom stereocenters. The number of carboxylic acid groups (broad SMARTS) is 1. The molecule has 1 aliphatic rings. The Labute approximate surface area is 118 Å². The van der Waals surface area contributed by atoms with E-state index in [-0.39, 0.29) is 6.04 Å². The van der Waals surface area contributed by atoms with Crippen molar-refractivity contribution in [3.05, 3.63) is 0 Å². The first-order valence-electron chi connectivity index (χ1n) is 6.93. The highest BCUT2D eigenvalue weighted by molar-refractivity contribution is 5.87. The molecule has 0 heterocycles. The van der Waals surface area contributed by atoms with E-state index in [1.54, 1.807) is 0 Å². The van der Waals surface area contributed by atoms with Gasteiger partial charge in [-0.25, -0.2) is 9.59 Å². The zero-order chi connectivity index (χ0) is 15.3. The summed E-state index contributed by atoms with van der Waals surface area (Å²) in [6.45, 7) is 4.21. The number of carbonyl (C=O) groups excluding carboxylic acids is 2. The maximum absolute atomic E-state index is 11.8. The van der Waals surface area contributed by atoms with Crippen LogP contribution in [-0.4, -0.2) is 35.1 Å². The highest BCUT2D eigenvalue weighted by Crippen LogP contribution is 2.33. The van der Waals surface area contributed by atoms with Gasteiger partial charge in [0.2, 0.25) is 5.91 Å². The van der Waals surface area contributed by atoms with Gasteiger partial charge in [0.1, 0.15) is 6.04 Å². The molecule has 0 radical (unpaired) electrons. The summed E-state index contributed by atoms with van der Waals surface area (Å²) in [5.74, 6) is -1.09. The average molecular weight is 285 g/mol. The van der Waals surface area contributed by atoms with Gasteiger partial charge in [-0.3, -0.25) is 4.79 Å². The maximum Gasteiger partial charge on any atom is 0.326 e. The minimum absolute atomic E-state index is 0.0444. The normalized spacial score (nSPS) is 26.8. The lowest BCUT2D eigenvalue weighted by atomic mass is 9.93. The first kappa shape index (κ1) is 16.3. The Morgan fingerprint density at radius 3 is 2.45 bits per heavy atom. The van der Waals surface area contributed by atoms with E-state index in [1.165, 1.54) is 0 Å². The van der Waals surface area contributed by atoms with Gasteiger partial charge < -0.3 is 21.5 Å². The Balaban J connectivity index is 2.50. The van der Waals surface area contributed by atoms with Gasteiger partial charge >= 0.3 is 12.0 Å². The molecule has 0 aliphatic heterocycles. The quantitative estimate of drug-likeness (QED) is 0.565. The molecule has 1 fully saturated rings. The fourth-order valence-electron chi connectivity index (χ4n) is 2.80. The van der Waals surface area contributed by atoms with Crippen molar-refractivity contribution in [3.8, 4) is 0 Å². The van der Waals surface area contributed by atoms with Crippen LogP contribution in [-0.2, 0) is 9.59 Å². The summed E-state index contributed by atoms with van der Waals surface area (Å²) in [5.41, 5.74) is 4.95. The van der Waals surface area contributed by atoms with Gasteiger partial charge in [0.15, 0.2) is 0 Å². The summed E-state index contributed by atoms with van der Waals surface area (Å²) in [5, 5.41) is 14.0. The summed E-state index contributed by atoms with van der Waals surface area (Å²) >= 11 is 0. The third-order valence-electron chi connectivity index (χ3n) is 4.08. The summed E-state index contributed by atoms with van der Waals surface area (Å²) < 4.78 is 0. The number of amides is 3. The number of primary amides is 1. The second-order valence-corrected chi connectivity index (χ2v) is 5.39. The molecular formula is C13H23N3O4. The van der Waals surface area contributed by atoms with Gasteiger partial charge in [0, 0.05) is 6.04 Å². The number of carboxylic acids is 1. The van der Waals surface area contributed by atoms with E-state index in [0.717, 1.165) is 19.3 Å². The fraction of sp³-hybridized carbons (Fsp3) is 0.769. The summed E-state index contributed by atoms with van der Waals surface area (Å²) in [4.78, 5) is 33.5. The molecule has 7 heteroatoms. The van der Waals surface area contributed by atoms with E-state index >= 15 is 0 Å². The van der Waals surface area contributed by atoms with Crippen LogP contribution in [0.5, 0.6) is 0 Å². The molecule has 5 N–H and O–H groups in total. The van der Waals surface area contributed by atoms with Crippen molar-refractivity contribution in [2.45, 2.75) is 51.6 Å². The molecule has 0 saturated heterocycles. The zero-order valence-corrected chi connectivity index (χ0v) is 11.9. The number of rotatable bonds is 6. The fourth-order valence-corrected chi connectivity index (χ4v) is 2.80. The molecule has 7 nitrogen and oxygen atoms in total. The molecule has 1 saturated carbocycles. The van der Waals surface area contributed by atoms with Crippen molar-refractivity contribution < 1.29 is 19.5 Å². The Kier molecular flexibility index (Phi) is 5.79. The number of hydrogen-bond donors (Lipinski definition) is 4. The molecule has 114 valence electrons. The standard InChI is InChI=1S/C13H23N3O4/c1-3-8-4-5-9(7(8)2)15-13(20)16-10(12(18)19)6-11(14)17/h7-10H,3-6H2,1-2H3,(H2,14,17)(H,18,19)(H2,15,16,20)/t7?,8?,9?,10-/m1/s1. The highest BCUT2D eigenvalue weighted by Gasteiger charge is 2.33. The van der Waals surface area contributed by atoms with Crippen LogP contribution in [0.3, 0.4) is 0 Å². The van der Waals surface area contributed by atoms with Crippen molar-refractivity contribution in [1.29, 1.82) is 0 Å². The average Bonchev–Trinajstić information content (AvgIpc) is 2.69. The molecule has 0 aromatic heterocycles. The molecule has 0 aromatic carbocycles. The smallest absolute Gasteiger partial charge is 0.326 e. The molecule has 3 unspecified atom stereocenters. The summed E-state index contributed by atoms with van der Waals surface area (Å²) in [7, 11) is 0. The van der Waals surface area contributed by atoms with E-state index < -0.39 is 30.4 Å². The lowest BCUT2D eigenvalue weighted by Crippen LogP contribution is -2.50. The van der Waals surface area contributed by atoms with Gasteiger partial charge in [-0.2, -0.15) is 0 Å². The SMILES string of the molecule is CCC1CCC(NC(=O)N[C@H](CC(N)=O)C(=O)O)C1C. The molecule has 0 spiro atoms. The van der Waals surface area contributed by atoms with Crippen molar-refractivity contribution in [2.75, 3.05) is 0 Å². The molecule has 20 heavy (non-hydrogen) atoms. The molecule has 1 rings (SSSR count). The second kappa shape index (κ2) is 7.12. The third kappa shape index (κ3) is 4.40. The molecule has 3 amide bonds. The Morgan fingerprint density at radius 1 is 1.35 bits per heavy atom. The van der Waals surface area contributed by atoms with Crippen LogP contribution in [0, 0.1) is 11.8 Å². The van der Waals surface area contributed by atoms with Gasteiger partial charge in [-0.05, 0) is 24.7 Å². The van der Waals surface area contributed by atoms with Crippen LogP contribution in [0.2, 0.25) is 0 Å². The highest BCUT2D eigenvalue weighted by atomic mass is 16.4. The van der Waals surface area contributed by atoms with Crippen LogP contribution in [0.1, 0.15) is 39.5 Å². The van der Waals surface area contributed by atoms with Crippen molar-refractivity contribution in [3.63, 3.8) is 0 Å². The molecular weight excluding hydrogens is 262 g/mol. The van der Waals surface area contributed by atoms with Crippen molar-refractivity contribution >= 4 is 17.9 Å². The van der Waals surface area contributed by atoms with Gasteiger partial charge in [0.25, 0.3) is 0 Å². The van der Waals surface area contributed by atoms with Gasteiger partial charge in [-0.15, -0.1) is 0 Å². The first-order valence-corrected chi connectivity index (χ1v) is 6.93. The van der Waals surface area contributed by atoms with Crippen LogP contribution >= 0.6 is 0 Å². The van der Waals surface area contributed by atoms with Crippen LogP contribution in [0.25, 0.3) is 0 Å². The third-order valence-corrected chi connectivity index (χ3v) is 4.08. The van der Waals surface area contributed by atoms with Crippen LogP contribution in [0.4, 0.5) is 4.79 Å². The molecule has 0 aromatic rings. The Hall–Kier alpha value is -1.79. The lowest BCUT2D eigenvalue weighted by Gasteiger charge is -2.22. The minimum Gasteiger partial charge on any atom is -0.480 e. The molecule has 0 bridgehead atoms. The number of nitrogens with one attached hydrogen (secondary N) is 2. The largest absolute Gasteiger partial charge is 0.480 e. The van der Waals surface area contributed by atoms with E-state index in [9.17, 15) is 14.4 Å². The number of hydrogen-bond acceptors (Lipinski definition) is 3. The second-order valence-electron chi connectivity index (χ2n) is 5.39. The van der Waals surface area contributed by atoms with Gasteiger partial charge in [0.05, 0.1) is 6.42 Å². The lowest BCUT2D eigenvalue weighted by molar-refractivity contribution is -0.140. The predicted octanol–water partition coefficient (Wildman–Crippen LogP) is 0.439. The van der Waals surface area contributed by atoms with Crippen LogP contribution < -0.4 is 16.4 Å². The maximum atomic E-state index is 11.8. The minimum atomic E-state index is -1.29. The number of nitrogens with two attached hydrogens (primary N) is 1. The first-order chi connectivity index (χ1) is 9.35. The number of carbonyl (C=O) groups is 3. The number of aliphatic carboxylic acids is 1. The molecule has 1 aliphatic carbocycles. The van der Waals surface area contributed by atoms with Crippen molar-refractivity contribution in [1.82, 2.24) is 10.6 Å². The zero-order valence-electron chi connectivity index (χ0n) is 11.9. The Morgan fingerprint density at radius 2 is 2.00 bits per heavy atom. The van der Waals surface area contributed by atoms with Crippen molar-refractivity contribution in [2.24, 2.45) is 17.6 Å².